The first-order chi connectivity index (χ1) is 6.70. The quantitative estimate of drug-likeness (QED) is 0.360. The van der Waals surface area contributed by atoms with Crippen molar-refractivity contribution in [3.8, 4) is 0 Å². The van der Waals surface area contributed by atoms with E-state index in [1.807, 2.05) is 0 Å². The summed E-state index contributed by atoms with van der Waals surface area (Å²) in [7, 11) is 0. The van der Waals surface area contributed by atoms with Crippen LogP contribution < -0.4 is 5.32 Å². The Morgan fingerprint density at radius 3 is 2.86 bits per heavy atom. The van der Waals surface area contributed by atoms with Gasteiger partial charge in [0.1, 0.15) is 0 Å². The van der Waals surface area contributed by atoms with E-state index in [-0.39, 0.29) is 12.6 Å². The van der Waals surface area contributed by atoms with Crippen LogP contribution in [0.2, 0.25) is 0 Å². The van der Waals surface area contributed by atoms with Crippen molar-refractivity contribution in [2.75, 3.05) is 26.3 Å². The van der Waals surface area contributed by atoms with E-state index in [9.17, 15) is 4.79 Å². The third-order valence-electron chi connectivity index (χ3n) is 1.63. The summed E-state index contributed by atoms with van der Waals surface area (Å²) in [6, 6.07) is 0. The number of carbonyl (C=O) groups is 1. The lowest BCUT2D eigenvalue weighted by Gasteiger charge is -2.08. The zero-order chi connectivity index (χ0) is 10.8. The summed E-state index contributed by atoms with van der Waals surface area (Å²) < 4.78 is 4.73. The van der Waals surface area contributed by atoms with Crippen molar-refractivity contribution >= 4 is 5.97 Å². The maximum absolute atomic E-state index is 10.9. The van der Waals surface area contributed by atoms with Gasteiger partial charge >= 0.3 is 5.97 Å². The van der Waals surface area contributed by atoms with Crippen molar-refractivity contribution in [1.29, 1.82) is 0 Å². The predicted molar refractivity (Wildman–Crippen MR) is 51.8 cm³/mol. The van der Waals surface area contributed by atoms with Gasteiger partial charge in [0.2, 0.25) is 0 Å². The van der Waals surface area contributed by atoms with E-state index < -0.39 is 6.10 Å². The van der Waals surface area contributed by atoms with Crippen molar-refractivity contribution in [3.63, 3.8) is 0 Å². The van der Waals surface area contributed by atoms with Gasteiger partial charge in [0.05, 0.1) is 19.3 Å². The third-order valence-corrected chi connectivity index (χ3v) is 1.63. The summed E-state index contributed by atoms with van der Waals surface area (Å²) in [6.45, 7) is 2.92. The van der Waals surface area contributed by atoms with Gasteiger partial charge in [-0.1, -0.05) is 0 Å². The molecular weight excluding hydrogens is 186 g/mol. The van der Waals surface area contributed by atoms with Gasteiger partial charge in [0.15, 0.2) is 0 Å². The average Bonchev–Trinajstić information content (AvgIpc) is 2.17. The largest absolute Gasteiger partial charge is 0.466 e. The molecule has 0 aromatic carbocycles. The molecule has 0 bridgehead atoms. The molecule has 14 heavy (non-hydrogen) atoms. The van der Waals surface area contributed by atoms with Gasteiger partial charge in [-0.2, -0.15) is 0 Å². The van der Waals surface area contributed by atoms with Gasteiger partial charge in [-0.15, -0.1) is 0 Å². The molecule has 1 unspecified atom stereocenters. The lowest BCUT2D eigenvalue weighted by Crippen LogP contribution is -2.30. The highest BCUT2D eigenvalue weighted by Gasteiger charge is 2.02. The smallest absolute Gasteiger partial charge is 0.305 e. The van der Waals surface area contributed by atoms with Gasteiger partial charge in [0.25, 0.3) is 0 Å². The van der Waals surface area contributed by atoms with Crippen LogP contribution in [0.4, 0.5) is 0 Å². The first-order valence-corrected chi connectivity index (χ1v) is 4.86. The van der Waals surface area contributed by atoms with Crippen LogP contribution in [-0.2, 0) is 9.53 Å². The standard InChI is InChI=1S/C9H19NO4/c1-2-14-9(13)4-3-5-10-6-8(12)7-11/h8,10-12H,2-7H2,1H3. The molecule has 1 atom stereocenters. The Bertz CT molecular complexity index is 152. The zero-order valence-corrected chi connectivity index (χ0v) is 8.53. The number of hydrogen-bond donors (Lipinski definition) is 3. The van der Waals surface area contributed by atoms with Crippen LogP contribution in [0.25, 0.3) is 0 Å². The van der Waals surface area contributed by atoms with Gasteiger partial charge in [0, 0.05) is 13.0 Å². The number of rotatable bonds is 8. The molecule has 0 saturated heterocycles. The molecule has 0 aliphatic rings. The normalized spacial score (nSPS) is 12.5. The van der Waals surface area contributed by atoms with E-state index >= 15 is 0 Å². The highest BCUT2D eigenvalue weighted by molar-refractivity contribution is 5.69. The van der Waals surface area contributed by atoms with Gasteiger partial charge in [-0.3, -0.25) is 4.79 Å². The SMILES string of the molecule is CCOC(=O)CCCNCC(O)CO. The Kier molecular flexibility index (Phi) is 8.51. The van der Waals surface area contributed by atoms with Crippen molar-refractivity contribution in [2.45, 2.75) is 25.9 Å². The average molecular weight is 205 g/mol. The summed E-state index contributed by atoms with van der Waals surface area (Å²) in [5.41, 5.74) is 0. The lowest BCUT2D eigenvalue weighted by molar-refractivity contribution is -0.143. The monoisotopic (exact) mass is 205 g/mol. The summed E-state index contributed by atoms with van der Waals surface area (Å²) in [4.78, 5) is 10.9. The van der Waals surface area contributed by atoms with E-state index in [0.29, 0.717) is 32.5 Å². The van der Waals surface area contributed by atoms with Gasteiger partial charge < -0.3 is 20.3 Å². The third kappa shape index (κ3) is 7.97. The minimum Gasteiger partial charge on any atom is -0.466 e. The van der Waals surface area contributed by atoms with Crippen molar-refractivity contribution in [3.05, 3.63) is 0 Å². The molecule has 0 aromatic rings. The Morgan fingerprint density at radius 1 is 1.57 bits per heavy atom. The predicted octanol–water partition coefficient (Wildman–Crippen LogP) is -0.727. The molecule has 0 heterocycles. The van der Waals surface area contributed by atoms with E-state index in [1.54, 1.807) is 6.92 Å². The van der Waals surface area contributed by atoms with Crippen LogP contribution in [0.5, 0.6) is 0 Å². The topological polar surface area (TPSA) is 78.8 Å². The number of esters is 1. The molecule has 0 rings (SSSR count). The first-order valence-electron chi connectivity index (χ1n) is 4.86. The number of aliphatic hydroxyl groups excluding tert-OH is 2. The fourth-order valence-corrected chi connectivity index (χ4v) is 0.924. The second-order valence-electron chi connectivity index (χ2n) is 2.95. The van der Waals surface area contributed by atoms with Crippen LogP contribution in [0.1, 0.15) is 19.8 Å². The summed E-state index contributed by atoms with van der Waals surface area (Å²) in [5.74, 6) is -0.197. The molecule has 0 saturated carbocycles. The maximum Gasteiger partial charge on any atom is 0.305 e. The minimum absolute atomic E-state index is 0.197. The van der Waals surface area contributed by atoms with E-state index in [0.717, 1.165) is 0 Å². The Labute approximate surface area is 84.1 Å². The van der Waals surface area contributed by atoms with Crippen LogP contribution in [0.3, 0.4) is 0 Å². The molecule has 0 aliphatic heterocycles. The van der Waals surface area contributed by atoms with Gasteiger partial charge in [-0.25, -0.2) is 0 Å². The zero-order valence-electron chi connectivity index (χ0n) is 8.53. The first kappa shape index (κ1) is 13.4. The Balaban J connectivity index is 3.17. The highest BCUT2D eigenvalue weighted by Crippen LogP contribution is 1.91. The number of ether oxygens (including phenoxy) is 1. The molecule has 0 radical (unpaired) electrons. The van der Waals surface area contributed by atoms with Crippen LogP contribution in [-0.4, -0.2) is 48.6 Å². The van der Waals surface area contributed by atoms with E-state index in [2.05, 4.69) is 5.32 Å². The minimum atomic E-state index is -0.724. The molecule has 0 aromatic heterocycles. The fourth-order valence-electron chi connectivity index (χ4n) is 0.924. The molecule has 0 aliphatic carbocycles. The molecule has 0 spiro atoms. The van der Waals surface area contributed by atoms with Crippen LogP contribution in [0, 0.1) is 0 Å². The fraction of sp³-hybridized carbons (Fsp3) is 0.889. The molecule has 84 valence electrons. The summed E-state index contributed by atoms with van der Waals surface area (Å²) in [6.07, 6.45) is 0.338. The molecular formula is C9H19NO4. The van der Waals surface area contributed by atoms with Crippen molar-refractivity contribution in [2.24, 2.45) is 0 Å². The van der Waals surface area contributed by atoms with Gasteiger partial charge in [-0.05, 0) is 19.9 Å². The second-order valence-corrected chi connectivity index (χ2v) is 2.95. The van der Waals surface area contributed by atoms with E-state index in [1.165, 1.54) is 0 Å². The molecule has 0 amide bonds. The summed E-state index contributed by atoms with van der Waals surface area (Å²) >= 11 is 0. The van der Waals surface area contributed by atoms with E-state index in [4.69, 9.17) is 14.9 Å². The van der Waals surface area contributed by atoms with Crippen molar-refractivity contribution < 1.29 is 19.7 Å². The molecule has 5 heteroatoms. The second kappa shape index (κ2) is 8.93. The number of carbonyl (C=O) groups excluding carboxylic acids is 1. The summed E-state index contributed by atoms with van der Waals surface area (Å²) in [5, 5.41) is 20.3. The molecule has 3 N–H and O–H groups in total. The Hall–Kier alpha value is -0.650. The van der Waals surface area contributed by atoms with Crippen LogP contribution >= 0.6 is 0 Å². The molecule has 5 nitrogen and oxygen atoms in total. The lowest BCUT2D eigenvalue weighted by atomic mass is 10.3. The number of aliphatic hydroxyl groups is 2. The van der Waals surface area contributed by atoms with Crippen molar-refractivity contribution in [1.82, 2.24) is 5.32 Å². The van der Waals surface area contributed by atoms with Crippen LogP contribution in [0.15, 0.2) is 0 Å². The number of hydrogen-bond acceptors (Lipinski definition) is 5. The Morgan fingerprint density at radius 2 is 2.29 bits per heavy atom. The maximum atomic E-state index is 10.9. The molecule has 0 fully saturated rings. The number of nitrogens with one attached hydrogen (secondary N) is 1. The highest BCUT2D eigenvalue weighted by atomic mass is 16.5.